The molecular formula is C17H22N2O6S. The standard InChI is InChI=1S/C17H22N2O6S/c20-16(21)12-25-15-6-4-13(5-7-15)17(22)18-8-1-3-14(11-18)19-9-2-10-26(19,23)24/h4-7,14H,1-3,8-12H2,(H,20,21). The fraction of sp³-hybridized carbons (Fsp3) is 0.529. The Morgan fingerprint density at radius 2 is 1.88 bits per heavy atom. The first kappa shape index (κ1) is 18.7. The largest absolute Gasteiger partial charge is 0.482 e. The van der Waals surface area contributed by atoms with Gasteiger partial charge in [-0.1, -0.05) is 0 Å². The first-order valence-corrected chi connectivity index (χ1v) is 10.2. The third-order valence-corrected chi connectivity index (χ3v) is 6.69. The van der Waals surface area contributed by atoms with Crippen molar-refractivity contribution in [2.24, 2.45) is 0 Å². The minimum absolute atomic E-state index is 0.154. The van der Waals surface area contributed by atoms with Gasteiger partial charge in [-0.25, -0.2) is 13.2 Å². The number of carboxylic acid groups (broad SMARTS) is 1. The van der Waals surface area contributed by atoms with Gasteiger partial charge in [0.05, 0.1) is 5.75 Å². The lowest BCUT2D eigenvalue weighted by Crippen LogP contribution is -2.50. The van der Waals surface area contributed by atoms with Crippen LogP contribution in [-0.2, 0) is 14.8 Å². The van der Waals surface area contributed by atoms with E-state index in [0.717, 1.165) is 12.8 Å². The van der Waals surface area contributed by atoms with Crippen LogP contribution in [0.1, 0.15) is 29.6 Å². The van der Waals surface area contributed by atoms with E-state index in [0.29, 0.717) is 37.4 Å². The maximum atomic E-state index is 12.7. The number of aliphatic carboxylic acids is 1. The summed E-state index contributed by atoms with van der Waals surface area (Å²) in [5.74, 6) is -0.656. The normalized spacial score (nSPS) is 22.9. The molecule has 2 aliphatic heterocycles. The maximum Gasteiger partial charge on any atom is 0.341 e. The van der Waals surface area contributed by atoms with Crippen molar-refractivity contribution >= 4 is 21.9 Å². The molecule has 2 aliphatic rings. The van der Waals surface area contributed by atoms with Crippen LogP contribution in [0.5, 0.6) is 5.75 Å². The number of carbonyl (C=O) groups excluding carboxylic acids is 1. The molecule has 1 atom stereocenters. The summed E-state index contributed by atoms with van der Waals surface area (Å²) in [6.45, 7) is 1.09. The Morgan fingerprint density at radius 3 is 2.50 bits per heavy atom. The molecule has 0 aromatic heterocycles. The van der Waals surface area contributed by atoms with Crippen molar-refractivity contribution in [2.45, 2.75) is 25.3 Å². The number of amides is 1. The molecule has 9 heteroatoms. The molecule has 0 bridgehead atoms. The molecule has 0 spiro atoms. The lowest BCUT2D eigenvalue weighted by Gasteiger charge is -2.36. The van der Waals surface area contributed by atoms with Crippen molar-refractivity contribution in [2.75, 3.05) is 32.0 Å². The smallest absolute Gasteiger partial charge is 0.341 e. The van der Waals surface area contributed by atoms with Crippen LogP contribution in [0.15, 0.2) is 24.3 Å². The van der Waals surface area contributed by atoms with Crippen LogP contribution in [0.4, 0.5) is 0 Å². The summed E-state index contributed by atoms with van der Waals surface area (Å²) in [4.78, 5) is 24.9. The van der Waals surface area contributed by atoms with Gasteiger partial charge in [-0.3, -0.25) is 4.79 Å². The molecule has 142 valence electrons. The number of likely N-dealkylation sites (tertiary alicyclic amines) is 1. The summed E-state index contributed by atoms with van der Waals surface area (Å²) < 4.78 is 30.9. The average molecular weight is 382 g/mol. The first-order valence-electron chi connectivity index (χ1n) is 8.60. The molecule has 1 amide bonds. The Hall–Kier alpha value is -2.13. The van der Waals surface area contributed by atoms with Gasteiger partial charge in [-0.05, 0) is 43.5 Å². The molecule has 2 heterocycles. The Labute approximate surface area is 152 Å². The lowest BCUT2D eigenvalue weighted by molar-refractivity contribution is -0.139. The van der Waals surface area contributed by atoms with Gasteiger partial charge in [0, 0.05) is 31.2 Å². The van der Waals surface area contributed by atoms with E-state index >= 15 is 0 Å². The highest BCUT2D eigenvalue weighted by Gasteiger charge is 2.37. The Morgan fingerprint density at radius 1 is 1.15 bits per heavy atom. The van der Waals surface area contributed by atoms with Gasteiger partial charge in [0.2, 0.25) is 10.0 Å². The van der Waals surface area contributed by atoms with Crippen LogP contribution in [0.2, 0.25) is 0 Å². The van der Waals surface area contributed by atoms with Crippen LogP contribution < -0.4 is 4.74 Å². The highest BCUT2D eigenvalue weighted by Crippen LogP contribution is 2.25. The second-order valence-electron chi connectivity index (χ2n) is 6.53. The van der Waals surface area contributed by atoms with Crippen molar-refractivity contribution in [3.05, 3.63) is 29.8 Å². The van der Waals surface area contributed by atoms with Gasteiger partial charge in [0.1, 0.15) is 5.75 Å². The Kier molecular flexibility index (Phi) is 5.47. The summed E-state index contributed by atoms with van der Waals surface area (Å²) in [7, 11) is -3.19. The third kappa shape index (κ3) is 4.16. The molecule has 3 rings (SSSR count). The van der Waals surface area contributed by atoms with E-state index < -0.39 is 22.6 Å². The molecule has 1 aromatic carbocycles. The number of nitrogens with zero attached hydrogens (tertiary/aromatic N) is 2. The van der Waals surface area contributed by atoms with Crippen molar-refractivity contribution < 1.29 is 27.9 Å². The number of hydrogen-bond acceptors (Lipinski definition) is 5. The van der Waals surface area contributed by atoms with E-state index in [4.69, 9.17) is 9.84 Å². The fourth-order valence-electron chi connectivity index (χ4n) is 3.46. The minimum atomic E-state index is -3.19. The van der Waals surface area contributed by atoms with Gasteiger partial charge in [0.15, 0.2) is 6.61 Å². The van der Waals surface area contributed by atoms with Gasteiger partial charge in [-0.2, -0.15) is 4.31 Å². The zero-order valence-electron chi connectivity index (χ0n) is 14.3. The highest BCUT2D eigenvalue weighted by molar-refractivity contribution is 7.89. The van der Waals surface area contributed by atoms with E-state index in [1.165, 1.54) is 0 Å². The second kappa shape index (κ2) is 7.63. The number of piperidine rings is 1. The quantitative estimate of drug-likeness (QED) is 0.807. The predicted molar refractivity (Wildman–Crippen MR) is 93.6 cm³/mol. The van der Waals surface area contributed by atoms with Crippen LogP contribution in [-0.4, -0.2) is 72.6 Å². The predicted octanol–water partition coefficient (Wildman–Crippen LogP) is 0.790. The molecule has 8 nitrogen and oxygen atoms in total. The van der Waals surface area contributed by atoms with Crippen molar-refractivity contribution in [3.8, 4) is 5.75 Å². The van der Waals surface area contributed by atoms with Gasteiger partial charge < -0.3 is 14.7 Å². The van der Waals surface area contributed by atoms with Crippen LogP contribution >= 0.6 is 0 Å². The summed E-state index contributed by atoms with van der Waals surface area (Å²) in [5, 5.41) is 8.61. The molecule has 26 heavy (non-hydrogen) atoms. The highest BCUT2D eigenvalue weighted by atomic mass is 32.2. The zero-order chi connectivity index (χ0) is 18.7. The number of rotatable bonds is 5. The Balaban J connectivity index is 1.64. The first-order chi connectivity index (χ1) is 12.4. The number of ether oxygens (including phenoxy) is 1. The molecule has 1 unspecified atom stereocenters. The van der Waals surface area contributed by atoms with Gasteiger partial charge in [0.25, 0.3) is 5.91 Å². The number of sulfonamides is 1. The summed E-state index contributed by atoms with van der Waals surface area (Å²) in [5.41, 5.74) is 0.470. The summed E-state index contributed by atoms with van der Waals surface area (Å²) in [6.07, 6.45) is 2.18. The average Bonchev–Trinajstić information content (AvgIpc) is 2.99. The lowest BCUT2D eigenvalue weighted by atomic mass is 10.0. The zero-order valence-corrected chi connectivity index (χ0v) is 15.2. The van der Waals surface area contributed by atoms with Crippen molar-refractivity contribution in [1.82, 2.24) is 9.21 Å². The Bertz CT molecular complexity index is 777. The molecule has 2 fully saturated rings. The van der Waals surface area contributed by atoms with E-state index in [2.05, 4.69) is 0 Å². The summed E-state index contributed by atoms with van der Waals surface area (Å²) in [6, 6.07) is 6.15. The fourth-order valence-corrected chi connectivity index (χ4v) is 5.23. The number of carboxylic acids is 1. The SMILES string of the molecule is O=C(O)COc1ccc(C(=O)N2CCCC(N3CCCS3(=O)=O)C2)cc1. The summed E-state index contributed by atoms with van der Waals surface area (Å²) >= 11 is 0. The van der Waals surface area contributed by atoms with Crippen LogP contribution in [0, 0.1) is 0 Å². The second-order valence-corrected chi connectivity index (χ2v) is 8.58. The van der Waals surface area contributed by atoms with Gasteiger partial charge in [-0.15, -0.1) is 0 Å². The molecule has 2 saturated heterocycles. The molecule has 0 radical (unpaired) electrons. The van der Waals surface area contributed by atoms with Crippen molar-refractivity contribution in [1.29, 1.82) is 0 Å². The van der Waals surface area contributed by atoms with Crippen molar-refractivity contribution in [3.63, 3.8) is 0 Å². The molecule has 1 aromatic rings. The van der Waals surface area contributed by atoms with Crippen LogP contribution in [0.25, 0.3) is 0 Å². The molecular weight excluding hydrogens is 360 g/mol. The molecule has 1 N–H and O–H groups in total. The van der Waals surface area contributed by atoms with E-state index in [-0.39, 0.29) is 17.7 Å². The number of hydrogen-bond donors (Lipinski definition) is 1. The van der Waals surface area contributed by atoms with E-state index in [9.17, 15) is 18.0 Å². The monoisotopic (exact) mass is 382 g/mol. The van der Waals surface area contributed by atoms with Gasteiger partial charge >= 0.3 is 5.97 Å². The number of carbonyl (C=O) groups is 2. The number of benzene rings is 1. The van der Waals surface area contributed by atoms with Crippen LogP contribution in [0.3, 0.4) is 0 Å². The third-order valence-electron chi connectivity index (χ3n) is 4.69. The van der Waals surface area contributed by atoms with E-state index in [1.54, 1.807) is 33.5 Å². The minimum Gasteiger partial charge on any atom is -0.482 e. The van der Waals surface area contributed by atoms with E-state index in [1.807, 2.05) is 0 Å². The maximum absolute atomic E-state index is 12.7. The molecule has 0 saturated carbocycles. The topological polar surface area (TPSA) is 104 Å². The molecule has 0 aliphatic carbocycles.